The number of pyridine rings is 6. The van der Waals surface area contributed by atoms with Crippen LogP contribution in [-0.2, 0) is 13.0 Å². The Labute approximate surface area is 659 Å². The first-order valence-electron chi connectivity index (χ1n) is 36.1. The number of nitrogens with one attached hydrogen (secondary N) is 1. The third kappa shape index (κ3) is 21.7. The van der Waals surface area contributed by atoms with Gasteiger partial charge in [0.1, 0.15) is 30.3 Å². The summed E-state index contributed by atoms with van der Waals surface area (Å²) < 4.78 is 22.6. The fourth-order valence-electron chi connectivity index (χ4n) is 11.0. The summed E-state index contributed by atoms with van der Waals surface area (Å²) in [6.45, 7) is 1.24. The average Bonchev–Trinajstić information content (AvgIpc) is 1.72. The van der Waals surface area contributed by atoms with Crippen LogP contribution in [0.2, 0.25) is 0 Å². The average molecular weight is 1530 g/mol. The van der Waals surface area contributed by atoms with E-state index in [1.165, 1.54) is 31.4 Å². The number of H-pyrrole nitrogens is 1. The lowest BCUT2D eigenvalue weighted by molar-refractivity contribution is 0.750. The molecule has 26 heterocycles. The minimum atomic E-state index is 0.887. The third-order valence-corrected chi connectivity index (χ3v) is 16.5. The quantitative estimate of drug-likeness (QED) is 0.147. The smallest absolute Gasteiger partial charge is 0.160 e. The van der Waals surface area contributed by atoms with Gasteiger partial charge in [-0.1, -0.05) is 30.3 Å². The lowest BCUT2D eigenvalue weighted by atomic mass is 10.3. The fourth-order valence-corrected chi connectivity index (χ4v) is 11.0. The van der Waals surface area contributed by atoms with E-state index in [9.17, 15) is 0 Å². The Morgan fingerprint density at radius 1 is 0.267 bits per heavy atom. The first-order chi connectivity index (χ1) is 57.6. The zero-order chi connectivity index (χ0) is 78.7. The molecule has 33 heteroatoms. The van der Waals surface area contributed by atoms with Crippen LogP contribution >= 0.6 is 0 Å². The first-order valence-corrected chi connectivity index (χ1v) is 36.1. The van der Waals surface area contributed by atoms with E-state index in [0.717, 1.165) is 72.8 Å². The summed E-state index contributed by atoms with van der Waals surface area (Å²) in [7, 11) is 0. The molecule has 0 fully saturated rings. The van der Waals surface area contributed by atoms with Crippen molar-refractivity contribution in [2.24, 2.45) is 0 Å². The number of aromatic amines is 1. The molecule has 1 aliphatic rings. The molecule has 25 aromatic rings. The van der Waals surface area contributed by atoms with Crippen LogP contribution in [0.5, 0.6) is 0 Å². The van der Waals surface area contributed by atoms with E-state index in [1.807, 2.05) is 286 Å². The van der Waals surface area contributed by atoms with Crippen LogP contribution in [0.1, 0.15) is 12.1 Å². The summed E-state index contributed by atoms with van der Waals surface area (Å²) >= 11 is 0. The Hall–Kier alpha value is -17.0. The number of fused-ring (bicyclic) bond motifs is 13. The van der Waals surface area contributed by atoms with Crippen LogP contribution in [0.3, 0.4) is 0 Å². The summed E-state index contributed by atoms with van der Waals surface area (Å²) in [6.07, 6.45) is 71.2. The minimum Gasteiger partial charge on any atom is -0.351 e. The van der Waals surface area contributed by atoms with Gasteiger partial charge in [0, 0.05) is 192 Å². The van der Waals surface area contributed by atoms with Gasteiger partial charge in [-0.15, -0.1) is 10.2 Å². The lowest BCUT2D eigenvalue weighted by Crippen LogP contribution is -1.86. The van der Waals surface area contributed by atoms with Crippen LogP contribution in [0, 0.1) is 0 Å². The maximum Gasteiger partial charge on any atom is 0.160 e. The van der Waals surface area contributed by atoms with Gasteiger partial charge in [0.15, 0.2) is 33.9 Å². The Morgan fingerprint density at radius 2 is 0.767 bits per heavy atom. The number of hydrogen-bond acceptors (Lipinski definition) is 20. The van der Waals surface area contributed by atoms with Crippen LogP contribution in [0.4, 0.5) is 0 Å². The van der Waals surface area contributed by atoms with Gasteiger partial charge in [0.05, 0.1) is 71.2 Å². The van der Waals surface area contributed by atoms with Crippen molar-refractivity contribution in [3.63, 3.8) is 0 Å². The molecule has 0 saturated carbocycles. The van der Waals surface area contributed by atoms with E-state index in [1.54, 1.807) is 144 Å². The fraction of sp³-hybridized carbons (Fsp3) is 0.0361. The molecular weight excluding hydrogens is 1460 g/mol. The van der Waals surface area contributed by atoms with Gasteiger partial charge in [-0.25, -0.2) is 72.4 Å². The topological polar surface area (TPSA) is 327 Å². The van der Waals surface area contributed by atoms with Gasteiger partial charge in [0.2, 0.25) is 0 Å². The summed E-state index contributed by atoms with van der Waals surface area (Å²) in [5, 5.41) is 27.5. The molecule has 25 aromatic heterocycles. The molecule has 0 amide bonds. The monoisotopic (exact) mass is 1530 g/mol. The van der Waals surface area contributed by atoms with Crippen molar-refractivity contribution in [3.8, 4) is 0 Å². The minimum absolute atomic E-state index is 0.887. The molecule has 0 spiro atoms. The zero-order valence-corrected chi connectivity index (χ0v) is 62.0. The standard InChI is InChI=1S/4C7H6N2.C7H9N.8C6H5N3/c1-3-7-4-2-6-9(7)8-5-1;1-2-6-9-7(3-1)4-5-8-9;1-2-5-9-6-4-8-7(9)3-1;1-2-4-9-6-8-5-7(9)3-1;1-3-7-4-2-6-8(7)5-1;2*1-3-9-4-2-8-6(9)5-7-1;1-3-7-6-2-4-8-9(6)5-1;1-2-7-3-6-5(1)8-4-9-6;1-2-7-5-9-4-3-8-6(1)9;1-2-6-7-4-5-9(6)8-3-1;1-2-4-9-5-7-8-6(9)3-1;1-2-4-9-6(3-1)7-5-8-9/h4*1-6H;1,3,5H,2,4,6H2;3*1-5H;1-4H,(H,8,9);4*1-5H. The second-order valence-corrected chi connectivity index (χ2v) is 24.1. The Bertz CT molecular complexity index is 5220. The highest BCUT2D eigenvalue weighted by molar-refractivity contribution is 5.72. The molecule has 1 N–H and O–H groups in total. The van der Waals surface area contributed by atoms with Gasteiger partial charge in [0.25, 0.3) is 0 Å². The second kappa shape index (κ2) is 40.4. The number of aryl methyl sites for hydroxylation is 2. The van der Waals surface area contributed by atoms with Gasteiger partial charge >= 0.3 is 0 Å². The van der Waals surface area contributed by atoms with E-state index in [4.69, 9.17) is 0 Å². The van der Waals surface area contributed by atoms with Crippen LogP contribution in [0.25, 0.3) is 72.8 Å². The van der Waals surface area contributed by atoms with Crippen LogP contribution in [0.15, 0.2) is 406 Å². The van der Waals surface area contributed by atoms with Gasteiger partial charge < -0.3 is 27.2 Å². The number of aromatic nitrogens is 33. The maximum atomic E-state index is 4.08. The Balaban J connectivity index is 0.000000104. The second-order valence-electron chi connectivity index (χ2n) is 24.1. The SMILES string of the molecule is c1cc2n(c1)CCC2.c1cc2nc[nH]c2cn1.c1cc2nccn2cn1.c1ccn2ccnc2c1.c1ccn2cncc2c1.c1ccn2cnnc2c1.c1ccn2nccc2c1.c1ccn2ncnc2c1.c1cn2ccnc2cn1.c1cn2ccnc2cn1.c1cnc2ccnn2c1.c1cnn2cccc2c1.c1cnn2ccnc2c1. The van der Waals surface area contributed by atoms with Crippen molar-refractivity contribution in [2.45, 2.75) is 19.4 Å². The molecule has 0 unspecified atom stereocenters. The number of rotatable bonds is 0. The van der Waals surface area contributed by atoms with Crippen LogP contribution < -0.4 is 0 Å². The van der Waals surface area contributed by atoms with Crippen molar-refractivity contribution < 1.29 is 0 Å². The summed E-state index contributed by atoms with van der Waals surface area (Å²) in [6, 6.07) is 54.9. The molecular formula is C83H73N33. The number of hydrogen-bond donors (Lipinski definition) is 1. The predicted octanol–water partition coefficient (Wildman–Crippen LogP) is 12.8. The van der Waals surface area contributed by atoms with E-state index in [0.29, 0.717) is 0 Å². The molecule has 33 nitrogen and oxygen atoms in total. The van der Waals surface area contributed by atoms with Crippen molar-refractivity contribution >= 4 is 72.8 Å². The van der Waals surface area contributed by atoms with E-state index in [2.05, 4.69) is 128 Å². The molecule has 116 heavy (non-hydrogen) atoms. The molecule has 0 bridgehead atoms. The van der Waals surface area contributed by atoms with Crippen molar-refractivity contribution in [1.82, 2.24) is 159 Å². The number of imidazole rings is 7. The predicted molar refractivity (Wildman–Crippen MR) is 438 cm³/mol. The van der Waals surface area contributed by atoms with Crippen molar-refractivity contribution in [3.05, 3.63) is 412 Å². The largest absolute Gasteiger partial charge is 0.351 e. The summed E-state index contributed by atoms with van der Waals surface area (Å²) in [4.78, 5) is 54.8. The van der Waals surface area contributed by atoms with Gasteiger partial charge in [-0.3, -0.25) is 23.8 Å². The normalized spacial score (nSPS) is 10.7. The lowest BCUT2D eigenvalue weighted by Gasteiger charge is -1.90. The molecule has 26 rings (SSSR count). The van der Waals surface area contributed by atoms with Crippen molar-refractivity contribution in [1.29, 1.82) is 0 Å². The molecule has 0 radical (unpaired) electrons. The molecule has 0 aliphatic carbocycles. The van der Waals surface area contributed by atoms with Gasteiger partial charge in [-0.05, 0) is 146 Å². The summed E-state index contributed by atoms with van der Waals surface area (Å²) in [5.41, 5.74) is 14.1. The number of nitrogens with zero attached hydrogens (tertiary/aromatic N) is 32. The summed E-state index contributed by atoms with van der Waals surface area (Å²) in [5.74, 6) is 0. The molecule has 570 valence electrons. The highest BCUT2D eigenvalue weighted by Crippen LogP contribution is 2.14. The molecule has 0 aromatic carbocycles. The molecule has 0 atom stereocenters. The molecule has 0 saturated heterocycles. The van der Waals surface area contributed by atoms with Gasteiger partial charge in [-0.2, -0.15) is 25.5 Å². The Morgan fingerprint density at radius 3 is 1.49 bits per heavy atom. The highest BCUT2D eigenvalue weighted by atomic mass is 15.3. The maximum absolute atomic E-state index is 4.08. The highest BCUT2D eigenvalue weighted by Gasteiger charge is 2.06. The van der Waals surface area contributed by atoms with E-state index in [-0.39, 0.29) is 0 Å². The van der Waals surface area contributed by atoms with Crippen molar-refractivity contribution in [2.75, 3.05) is 0 Å². The third-order valence-electron chi connectivity index (χ3n) is 16.5. The van der Waals surface area contributed by atoms with E-state index >= 15 is 0 Å². The Kier molecular flexibility index (Phi) is 26.4. The van der Waals surface area contributed by atoms with Crippen LogP contribution in [-0.4, -0.2) is 159 Å². The molecule has 1 aliphatic heterocycles. The zero-order valence-electron chi connectivity index (χ0n) is 62.0. The first kappa shape index (κ1) is 75.8. The van der Waals surface area contributed by atoms with E-state index < -0.39 is 0 Å².